The Labute approximate surface area is 177 Å². The molecule has 2 heterocycles. The minimum absolute atomic E-state index is 0.650. The smallest absolute Gasteiger partial charge is 0.191 e. The van der Waals surface area contributed by atoms with Gasteiger partial charge in [0.1, 0.15) is 0 Å². The maximum absolute atomic E-state index is 4.41. The average Bonchev–Trinajstić information content (AvgIpc) is 3.14. The highest BCUT2D eigenvalue weighted by Crippen LogP contribution is 2.26. The van der Waals surface area contributed by atoms with E-state index >= 15 is 0 Å². The molecule has 3 aromatic rings. The van der Waals surface area contributed by atoms with Crippen LogP contribution >= 0.6 is 11.8 Å². The molecule has 2 aromatic heterocycles. The second kappa shape index (κ2) is 9.55. The molecule has 6 heteroatoms. The lowest BCUT2D eigenvalue weighted by Crippen LogP contribution is -2.41. The van der Waals surface area contributed by atoms with Crippen LogP contribution in [-0.2, 0) is 19.9 Å². The predicted octanol–water partition coefficient (Wildman–Crippen LogP) is 4.24. The Morgan fingerprint density at radius 2 is 1.86 bits per heavy atom. The average molecular weight is 408 g/mol. The Bertz CT molecular complexity index is 924. The van der Waals surface area contributed by atoms with Crippen LogP contribution in [0.4, 0.5) is 0 Å². The quantitative estimate of drug-likeness (QED) is 0.523. The first kappa shape index (κ1) is 20.1. The fourth-order valence-electron chi connectivity index (χ4n) is 4.20. The molecule has 0 aliphatic heterocycles. The summed E-state index contributed by atoms with van der Waals surface area (Å²) in [6.45, 7) is 4.53. The Balaban J connectivity index is 1.37. The molecule has 29 heavy (non-hydrogen) atoms. The predicted molar refractivity (Wildman–Crippen MR) is 119 cm³/mol. The highest BCUT2D eigenvalue weighted by molar-refractivity contribution is 7.99. The second-order valence-electron chi connectivity index (χ2n) is 7.65. The molecule has 0 amide bonds. The summed E-state index contributed by atoms with van der Waals surface area (Å²) in [5, 5.41) is 9.77. The van der Waals surface area contributed by atoms with Crippen molar-refractivity contribution in [1.82, 2.24) is 24.6 Å². The van der Waals surface area contributed by atoms with Crippen LogP contribution in [0.2, 0.25) is 0 Å². The number of hydrogen-bond donors (Lipinski definition) is 0. The van der Waals surface area contributed by atoms with Crippen molar-refractivity contribution in [2.24, 2.45) is 7.05 Å². The normalized spacial score (nSPS) is 16.2. The van der Waals surface area contributed by atoms with Crippen LogP contribution in [0.15, 0.2) is 53.9 Å². The Kier molecular flexibility index (Phi) is 6.62. The summed E-state index contributed by atoms with van der Waals surface area (Å²) < 4.78 is 2.08. The zero-order valence-electron chi connectivity index (χ0n) is 17.3. The largest absolute Gasteiger partial charge is 0.305 e. The molecule has 1 atom stereocenters. The Morgan fingerprint density at radius 1 is 1.07 bits per heavy atom. The third kappa shape index (κ3) is 4.70. The molecule has 0 bridgehead atoms. The lowest BCUT2D eigenvalue weighted by Gasteiger charge is -2.35. The number of nitrogens with zero attached hydrogens (tertiary/aromatic N) is 5. The van der Waals surface area contributed by atoms with Gasteiger partial charge in [-0.2, -0.15) is 0 Å². The third-order valence-corrected chi connectivity index (χ3v) is 6.73. The SMILES string of the molecule is CCCN(CCSc1nnc(-c2ccncc2)n1C)C1CCc2ccccc2C1. The zero-order valence-corrected chi connectivity index (χ0v) is 18.1. The van der Waals surface area contributed by atoms with Crippen molar-refractivity contribution in [3.05, 3.63) is 59.9 Å². The van der Waals surface area contributed by atoms with E-state index in [0.29, 0.717) is 6.04 Å². The van der Waals surface area contributed by atoms with Gasteiger partial charge in [-0.05, 0) is 55.5 Å². The molecular weight excluding hydrogens is 378 g/mol. The van der Waals surface area contributed by atoms with Crippen LogP contribution < -0.4 is 0 Å². The summed E-state index contributed by atoms with van der Waals surface area (Å²) in [6, 6.07) is 13.5. The molecule has 1 aliphatic carbocycles. The van der Waals surface area contributed by atoms with Gasteiger partial charge >= 0.3 is 0 Å². The van der Waals surface area contributed by atoms with Crippen molar-refractivity contribution < 1.29 is 0 Å². The third-order valence-electron chi connectivity index (χ3n) is 5.73. The molecule has 1 aliphatic rings. The first-order chi connectivity index (χ1) is 14.3. The Hall–Kier alpha value is -2.18. The van der Waals surface area contributed by atoms with E-state index in [1.54, 1.807) is 24.2 Å². The van der Waals surface area contributed by atoms with Crippen molar-refractivity contribution in [2.75, 3.05) is 18.8 Å². The molecule has 0 spiro atoms. The van der Waals surface area contributed by atoms with Crippen LogP contribution in [-0.4, -0.2) is 49.5 Å². The van der Waals surface area contributed by atoms with Gasteiger partial charge in [-0.15, -0.1) is 10.2 Å². The van der Waals surface area contributed by atoms with Gasteiger partial charge in [0.15, 0.2) is 11.0 Å². The minimum Gasteiger partial charge on any atom is -0.305 e. The van der Waals surface area contributed by atoms with Crippen LogP contribution in [0.5, 0.6) is 0 Å². The van der Waals surface area contributed by atoms with E-state index in [2.05, 4.69) is 55.8 Å². The summed E-state index contributed by atoms with van der Waals surface area (Å²) in [5.74, 6) is 1.92. The van der Waals surface area contributed by atoms with E-state index in [1.807, 2.05) is 19.2 Å². The van der Waals surface area contributed by atoms with Crippen LogP contribution in [0, 0.1) is 0 Å². The van der Waals surface area contributed by atoms with Crippen molar-refractivity contribution in [2.45, 2.75) is 43.8 Å². The number of rotatable bonds is 8. The molecular formula is C23H29N5S. The van der Waals surface area contributed by atoms with Crippen molar-refractivity contribution >= 4 is 11.8 Å². The fraction of sp³-hybridized carbons (Fsp3) is 0.435. The van der Waals surface area contributed by atoms with Crippen LogP contribution in [0.25, 0.3) is 11.4 Å². The maximum atomic E-state index is 4.41. The molecule has 5 nitrogen and oxygen atoms in total. The summed E-state index contributed by atoms with van der Waals surface area (Å²) in [6.07, 6.45) is 8.42. The number of thioether (sulfide) groups is 1. The van der Waals surface area contributed by atoms with Gasteiger partial charge in [-0.1, -0.05) is 43.0 Å². The first-order valence-corrected chi connectivity index (χ1v) is 11.5. The molecule has 0 radical (unpaired) electrons. The molecule has 0 fully saturated rings. The van der Waals surface area contributed by atoms with E-state index in [1.165, 1.54) is 36.8 Å². The summed E-state index contributed by atoms with van der Waals surface area (Å²) in [5.41, 5.74) is 4.13. The molecule has 0 saturated heterocycles. The lowest BCUT2D eigenvalue weighted by molar-refractivity contribution is 0.191. The van der Waals surface area contributed by atoms with Gasteiger partial charge in [-0.3, -0.25) is 9.88 Å². The minimum atomic E-state index is 0.650. The van der Waals surface area contributed by atoms with Gasteiger partial charge in [0.25, 0.3) is 0 Å². The number of hydrogen-bond acceptors (Lipinski definition) is 5. The van der Waals surface area contributed by atoms with Gasteiger partial charge in [0.05, 0.1) is 0 Å². The summed E-state index contributed by atoms with van der Waals surface area (Å²) >= 11 is 1.80. The van der Waals surface area contributed by atoms with Gasteiger partial charge < -0.3 is 4.57 Å². The topological polar surface area (TPSA) is 46.8 Å². The molecule has 4 rings (SSSR count). The number of pyridine rings is 1. The van der Waals surface area contributed by atoms with Crippen molar-refractivity contribution in [1.29, 1.82) is 0 Å². The Morgan fingerprint density at radius 3 is 2.66 bits per heavy atom. The molecule has 1 aromatic carbocycles. The fourth-order valence-corrected chi connectivity index (χ4v) is 5.09. The molecule has 0 saturated carbocycles. The highest BCUT2D eigenvalue weighted by atomic mass is 32.2. The monoisotopic (exact) mass is 407 g/mol. The first-order valence-electron chi connectivity index (χ1n) is 10.5. The van der Waals surface area contributed by atoms with E-state index < -0.39 is 0 Å². The van der Waals surface area contributed by atoms with Gasteiger partial charge in [0, 0.05) is 43.3 Å². The number of aromatic nitrogens is 4. The molecule has 0 N–H and O–H groups in total. The second-order valence-corrected chi connectivity index (χ2v) is 8.71. The van der Waals surface area contributed by atoms with Gasteiger partial charge in [-0.25, -0.2) is 0 Å². The lowest BCUT2D eigenvalue weighted by atomic mass is 9.87. The van der Waals surface area contributed by atoms with E-state index in [4.69, 9.17) is 0 Å². The van der Waals surface area contributed by atoms with Crippen LogP contribution in [0.1, 0.15) is 30.9 Å². The van der Waals surface area contributed by atoms with Crippen molar-refractivity contribution in [3.8, 4) is 11.4 Å². The maximum Gasteiger partial charge on any atom is 0.191 e. The zero-order chi connectivity index (χ0) is 20.1. The summed E-state index contributed by atoms with van der Waals surface area (Å²) in [7, 11) is 2.04. The van der Waals surface area contributed by atoms with Crippen molar-refractivity contribution in [3.63, 3.8) is 0 Å². The molecule has 1 unspecified atom stereocenters. The van der Waals surface area contributed by atoms with Crippen LogP contribution in [0.3, 0.4) is 0 Å². The van der Waals surface area contributed by atoms with E-state index in [9.17, 15) is 0 Å². The van der Waals surface area contributed by atoms with E-state index in [-0.39, 0.29) is 0 Å². The number of aryl methyl sites for hydroxylation is 1. The standard InChI is InChI=1S/C23H29N5S/c1-3-14-28(21-9-8-18-6-4-5-7-20(18)17-21)15-16-29-23-26-25-22(27(23)2)19-10-12-24-13-11-19/h4-7,10-13,21H,3,8-9,14-17H2,1-2H3. The van der Waals surface area contributed by atoms with Gasteiger partial charge in [0.2, 0.25) is 0 Å². The number of benzene rings is 1. The summed E-state index contributed by atoms with van der Waals surface area (Å²) in [4.78, 5) is 6.77. The number of fused-ring (bicyclic) bond motifs is 1. The highest BCUT2D eigenvalue weighted by Gasteiger charge is 2.23. The van der Waals surface area contributed by atoms with E-state index in [0.717, 1.165) is 35.4 Å². The molecule has 152 valence electrons.